The summed E-state index contributed by atoms with van der Waals surface area (Å²) < 4.78 is 28.5. The summed E-state index contributed by atoms with van der Waals surface area (Å²) in [5, 5.41) is 21.6. The lowest BCUT2D eigenvalue weighted by atomic mass is 9.94. The normalized spacial score (nSPS) is 15.9. The van der Waals surface area contributed by atoms with E-state index in [1.54, 1.807) is 29.2 Å². The number of aromatic hydroxyl groups is 1. The van der Waals surface area contributed by atoms with E-state index in [-0.39, 0.29) is 36.1 Å². The molecule has 1 fully saturated rings. The first kappa shape index (κ1) is 30.5. The average Bonchev–Trinajstić information content (AvgIpc) is 2.91. The molecule has 1 aliphatic rings. The van der Waals surface area contributed by atoms with Crippen LogP contribution in [0.3, 0.4) is 0 Å². The molecule has 2 atom stereocenters. The smallest absolute Gasteiger partial charge is 0.326 e. The molecule has 2 aromatic carbocycles. The van der Waals surface area contributed by atoms with Crippen LogP contribution < -0.4 is 10.0 Å². The Hall–Kier alpha value is -3.09. The number of carboxylic acids is 1. The standard InChI is InChI=1S/C27H35N3O7S2/c1-18-3-9-22(10-4-18)39(36,37)29-23(13-16-38-2)26(33)30-14-11-20(12-15-30)25(32)28-24(27(34)35)17-19-5-7-21(31)8-6-19/h3-10,20,23-24,29,31H,11-17H2,1-2H3,(H,28,32)(H,34,35)/t23-,24-/m0/s1. The highest BCUT2D eigenvalue weighted by Crippen LogP contribution is 2.21. The van der Waals surface area contributed by atoms with Crippen molar-refractivity contribution in [3.8, 4) is 5.75 Å². The molecule has 2 aromatic rings. The van der Waals surface area contributed by atoms with Gasteiger partial charge in [-0.3, -0.25) is 9.59 Å². The van der Waals surface area contributed by atoms with Crippen LogP contribution in [0, 0.1) is 12.8 Å². The van der Waals surface area contributed by atoms with E-state index in [2.05, 4.69) is 10.0 Å². The van der Waals surface area contributed by atoms with Crippen LogP contribution in [0.25, 0.3) is 0 Å². The Morgan fingerprint density at radius 2 is 1.64 bits per heavy atom. The molecule has 0 aromatic heterocycles. The summed E-state index contributed by atoms with van der Waals surface area (Å²) in [4.78, 5) is 39.6. The first-order valence-corrected chi connectivity index (χ1v) is 15.6. The van der Waals surface area contributed by atoms with Gasteiger partial charge in [-0.05, 0) is 68.0 Å². The number of carbonyl (C=O) groups is 3. The molecule has 3 rings (SSSR count). The largest absolute Gasteiger partial charge is 0.508 e. The number of nitrogens with one attached hydrogen (secondary N) is 2. The predicted octanol–water partition coefficient (Wildman–Crippen LogP) is 2.15. The number of rotatable bonds is 12. The molecule has 4 N–H and O–H groups in total. The van der Waals surface area contributed by atoms with Gasteiger partial charge in [-0.2, -0.15) is 16.5 Å². The van der Waals surface area contributed by atoms with Gasteiger partial charge < -0.3 is 20.4 Å². The van der Waals surface area contributed by atoms with Crippen molar-refractivity contribution in [2.24, 2.45) is 5.92 Å². The minimum atomic E-state index is -3.90. The van der Waals surface area contributed by atoms with Gasteiger partial charge in [-0.25, -0.2) is 13.2 Å². The monoisotopic (exact) mass is 577 g/mol. The molecule has 0 radical (unpaired) electrons. The summed E-state index contributed by atoms with van der Waals surface area (Å²) in [5.41, 5.74) is 1.58. The van der Waals surface area contributed by atoms with Crippen LogP contribution in [0.15, 0.2) is 53.4 Å². The maximum atomic E-state index is 13.3. The number of phenolic OH excluding ortho intramolecular Hbond substituents is 1. The molecule has 212 valence electrons. The zero-order chi connectivity index (χ0) is 28.6. The second-order valence-electron chi connectivity index (χ2n) is 9.64. The first-order valence-electron chi connectivity index (χ1n) is 12.7. The highest BCUT2D eigenvalue weighted by atomic mass is 32.2. The van der Waals surface area contributed by atoms with Crippen molar-refractivity contribution in [1.82, 2.24) is 14.9 Å². The van der Waals surface area contributed by atoms with Crippen molar-refractivity contribution in [1.29, 1.82) is 0 Å². The van der Waals surface area contributed by atoms with E-state index >= 15 is 0 Å². The van der Waals surface area contributed by atoms with Gasteiger partial charge in [0.1, 0.15) is 17.8 Å². The second-order valence-corrected chi connectivity index (χ2v) is 12.3. The number of carbonyl (C=O) groups excluding carboxylic acids is 2. The van der Waals surface area contributed by atoms with Crippen molar-refractivity contribution in [3.05, 3.63) is 59.7 Å². The number of amides is 2. The number of sulfonamides is 1. The van der Waals surface area contributed by atoms with Crippen molar-refractivity contribution >= 4 is 39.6 Å². The predicted molar refractivity (Wildman–Crippen MR) is 149 cm³/mol. The summed E-state index contributed by atoms with van der Waals surface area (Å²) in [6.45, 7) is 2.37. The SMILES string of the molecule is CSCC[C@H](NS(=O)(=O)c1ccc(C)cc1)C(=O)N1CCC(C(=O)N[C@@H](Cc2ccc(O)cc2)C(=O)O)CC1. The average molecular weight is 578 g/mol. The van der Waals surface area contributed by atoms with E-state index in [0.717, 1.165) is 5.56 Å². The highest BCUT2D eigenvalue weighted by molar-refractivity contribution is 7.98. The van der Waals surface area contributed by atoms with Gasteiger partial charge in [0.2, 0.25) is 21.8 Å². The molecule has 2 amide bonds. The zero-order valence-corrected chi connectivity index (χ0v) is 23.6. The van der Waals surface area contributed by atoms with E-state index in [1.807, 2.05) is 13.2 Å². The van der Waals surface area contributed by atoms with Gasteiger partial charge in [0.25, 0.3) is 0 Å². The third-order valence-electron chi connectivity index (χ3n) is 6.71. The number of aliphatic carboxylic acids is 1. The minimum Gasteiger partial charge on any atom is -0.508 e. The van der Waals surface area contributed by atoms with Gasteiger partial charge in [0, 0.05) is 25.4 Å². The first-order chi connectivity index (χ1) is 18.5. The summed E-state index contributed by atoms with van der Waals surface area (Å²) in [6.07, 6.45) is 2.94. The molecule has 1 aliphatic heterocycles. The number of hydrogen-bond acceptors (Lipinski definition) is 7. The number of aryl methyl sites for hydroxylation is 1. The lowest BCUT2D eigenvalue weighted by Crippen LogP contribution is -2.52. The third-order valence-corrected chi connectivity index (χ3v) is 8.84. The molecule has 0 aliphatic carbocycles. The van der Waals surface area contributed by atoms with Crippen LogP contribution >= 0.6 is 11.8 Å². The van der Waals surface area contributed by atoms with Crippen molar-refractivity contribution < 1.29 is 33.0 Å². The van der Waals surface area contributed by atoms with E-state index < -0.39 is 39.9 Å². The molecular weight excluding hydrogens is 542 g/mol. The van der Waals surface area contributed by atoms with Crippen molar-refractivity contribution in [3.63, 3.8) is 0 Å². The highest BCUT2D eigenvalue weighted by Gasteiger charge is 2.34. The van der Waals surface area contributed by atoms with Crippen molar-refractivity contribution in [2.45, 2.75) is 49.6 Å². The van der Waals surface area contributed by atoms with Crippen LogP contribution in [0.4, 0.5) is 0 Å². The van der Waals surface area contributed by atoms with Crippen LogP contribution in [-0.2, 0) is 30.8 Å². The van der Waals surface area contributed by atoms with E-state index in [9.17, 15) is 33.0 Å². The summed E-state index contributed by atoms with van der Waals surface area (Å²) >= 11 is 1.51. The molecule has 0 spiro atoms. The number of nitrogens with zero attached hydrogens (tertiary/aromatic N) is 1. The number of likely N-dealkylation sites (tertiary alicyclic amines) is 1. The molecule has 39 heavy (non-hydrogen) atoms. The Kier molecular flexibility index (Phi) is 10.8. The molecular formula is C27H35N3O7S2. The Labute approximate surface area is 233 Å². The number of thioether (sulfide) groups is 1. The summed E-state index contributed by atoms with van der Waals surface area (Å²) in [6, 6.07) is 10.4. The Morgan fingerprint density at radius 1 is 1.03 bits per heavy atom. The van der Waals surface area contributed by atoms with Gasteiger partial charge in [-0.15, -0.1) is 0 Å². The number of benzene rings is 2. The van der Waals surface area contributed by atoms with E-state index in [0.29, 0.717) is 30.6 Å². The topological polar surface area (TPSA) is 153 Å². The minimum absolute atomic E-state index is 0.0644. The van der Waals surface area contributed by atoms with Crippen LogP contribution in [0.5, 0.6) is 5.75 Å². The van der Waals surface area contributed by atoms with Crippen molar-refractivity contribution in [2.75, 3.05) is 25.1 Å². The molecule has 0 bridgehead atoms. The maximum Gasteiger partial charge on any atom is 0.326 e. The third kappa shape index (κ3) is 8.70. The number of carboxylic acid groups (broad SMARTS) is 1. The van der Waals surface area contributed by atoms with Gasteiger partial charge in [0.15, 0.2) is 0 Å². The fraction of sp³-hybridized carbons (Fsp3) is 0.444. The molecule has 0 saturated carbocycles. The lowest BCUT2D eigenvalue weighted by molar-refractivity contribution is -0.143. The van der Waals surface area contributed by atoms with E-state index in [1.165, 1.54) is 36.0 Å². The lowest BCUT2D eigenvalue weighted by Gasteiger charge is -2.34. The van der Waals surface area contributed by atoms with Gasteiger partial charge in [0.05, 0.1) is 4.90 Å². The van der Waals surface area contributed by atoms with Crippen LogP contribution in [-0.4, -0.2) is 78.5 Å². The second kappa shape index (κ2) is 13.8. The van der Waals surface area contributed by atoms with Gasteiger partial charge >= 0.3 is 5.97 Å². The van der Waals surface area contributed by atoms with Crippen LogP contribution in [0.1, 0.15) is 30.4 Å². The molecule has 10 nitrogen and oxygen atoms in total. The number of hydrogen-bond donors (Lipinski definition) is 4. The molecule has 12 heteroatoms. The fourth-order valence-corrected chi connectivity index (χ4v) is 6.08. The Balaban J connectivity index is 1.60. The van der Waals surface area contributed by atoms with Gasteiger partial charge in [-0.1, -0.05) is 29.8 Å². The number of phenols is 1. The molecule has 0 unspecified atom stereocenters. The maximum absolute atomic E-state index is 13.3. The number of piperidine rings is 1. The van der Waals surface area contributed by atoms with E-state index in [4.69, 9.17) is 0 Å². The van der Waals surface area contributed by atoms with Crippen LogP contribution in [0.2, 0.25) is 0 Å². The fourth-order valence-electron chi connectivity index (χ4n) is 4.38. The quantitative estimate of drug-likeness (QED) is 0.299. The zero-order valence-electron chi connectivity index (χ0n) is 22.0. The summed E-state index contributed by atoms with van der Waals surface area (Å²) in [5.74, 6) is -1.72. The summed E-state index contributed by atoms with van der Waals surface area (Å²) in [7, 11) is -3.90. The Morgan fingerprint density at radius 3 is 2.21 bits per heavy atom. The Bertz CT molecular complexity index is 1240. The molecule has 1 saturated heterocycles. The molecule has 1 heterocycles.